The highest BCUT2D eigenvalue weighted by Crippen LogP contribution is 2.32. The number of aromatic nitrogens is 2. The summed E-state index contributed by atoms with van der Waals surface area (Å²) in [5.74, 6) is 0.0439. The van der Waals surface area contributed by atoms with Gasteiger partial charge < -0.3 is 10.6 Å². The van der Waals surface area contributed by atoms with Crippen molar-refractivity contribution < 1.29 is 4.79 Å². The Labute approximate surface area is 115 Å². The van der Waals surface area contributed by atoms with Crippen LogP contribution in [0.15, 0.2) is 12.3 Å². The largest absolute Gasteiger partial charge is 0.397 e. The number of carbonyl (C=O) groups excluding carboxylic acids is 1. The van der Waals surface area contributed by atoms with Crippen molar-refractivity contribution in [2.75, 3.05) is 18.8 Å². The van der Waals surface area contributed by atoms with Gasteiger partial charge in [0.25, 0.3) is 5.91 Å². The molecule has 1 fully saturated rings. The van der Waals surface area contributed by atoms with Crippen molar-refractivity contribution >= 4 is 33.1 Å². The van der Waals surface area contributed by atoms with Crippen LogP contribution in [0.1, 0.15) is 35.4 Å². The minimum Gasteiger partial charge on any atom is -0.397 e. The molecule has 1 saturated heterocycles. The molecule has 3 heterocycles. The highest BCUT2D eigenvalue weighted by Gasteiger charge is 2.23. The van der Waals surface area contributed by atoms with Crippen molar-refractivity contribution in [2.24, 2.45) is 0 Å². The lowest BCUT2D eigenvalue weighted by Gasteiger charge is -2.19. The normalized spacial score (nSPS) is 16.5. The highest BCUT2D eigenvalue weighted by molar-refractivity contribution is 7.21. The molecule has 2 N–H and O–H groups in total. The molecule has 2 aromatic heterocycles. The van der Waals surface area contributed by atoms with E-state index in [9.17, 15) is 4.79 Å². The maximum Gasteiger partial charge on any atom is 0.266 e. The average Bonchev–Trinajstić information content (AvgIpc) is 2.64. The van der Waals surface area contributed by atoms with Gasteiger partial charge in [0, 0.05) is 18.5 Å². The van der Waals surface area contributed by atoms with E-state index in [4.69, 9.17) is 5.73 Å². The molecule has 1 aliphatic heterocycles. The Morgan fingerprint density at radius 2 is 2.00 bits per heavy atom. The third-order valence-electron chi connectivity index (χ3n) is 3.51. The van der Waals surface area contributed by atoms with Gasteiger partial charge in [-0.15, -0.1) is 16.4 Å². The van der Waals surface area contributed by atoms with Gasteiger partial charge in [-0.2, -0.15) is 5.10 Å². The monoisotopic (exact) mass is 276 g/mol. The van der Waals surface area contributed by atoms with E-state index in [-0.39, 0.29) is 5.91 Å². The van der Waals surface area contributed by atoms with Crippen LogP contribution in [0, 0.1) is 0 Å². The van der Waals surface area contributed by atoms with Crippen LogP contribution in [-0.2, 0) is 0 Å². The maximum atomic E-state index is 12.6. The van der Waals surface area contributed by atoms with Gasteiger partial charge in [-0.05, 0) is 18.9 Å². The van der Waals surface area contributed by atoms with E-state index in [1.165, 1.54) is 24.2 Å². The summed E-state index contributed by atoms with van der Waals surface area (Å²) >= 11 is 1.34. The SMILES string of the molecule is Nc1c(C(=O)N2CCCCCC2)sc2nnccc12. The number of likely N-dealkylation sites (tertiary alicyclic amines) is 1. The first-order chi connectivity index (χ1) is 9.27. The first-order valence-electron chi connectivity index (χ1n) is 6.56. The summed E-state index contributed by atoms with van der Waals surface area (Å²) in [6.07, 6.45) is 6.17. The Morgan fingerprint density at radius 1 is 1.26 bits per heavy atom. The fraction of sp³-hybridized carbons (Fsp3) is 0.462. The van der Waals surface area contributed by atoms with E-state index in [0.29, 0.717) is 10.6 Å². The summed E-state index contributed by atoms with van der Waals surface area (Å²) in [5.41, 5.74) is 6.63. The van der Waals surface area contributed by atoms with E-state index in [0.717, 1.165) is 36.1 Å². The number of nitrogen functional groups attached to an aromatic ring is 1. The van der Waals surface area contributed by atoms with E-state index in [2.05, 4.69) is 10.2 Å². The Kier molecular flexibility index (Phi) is 3.33. The van der Waals surface area contributed by atoms with Gasteiger partial charge >= 0.3 is 0 Å². The Bertz CT molecular complexity index is 602. The molecular weight excluding hydrogens is 260 g/mol. The molecule has 2 aromatic rings. The standard InChI is InChI=1S/C13H16N4OS/c14-10-9-5-6-15-16-12(9)19-11(10)13(18)17-7-3-1-2-4-8-17/h5-6H,1-4,7-8,14H2. The summed E-state index contributed by atoms with van der Waals surface area (Å²) in [6, 6.07) is 1.81. The number of nitrogens with zero attached hydrogens (tertiary/aromatic N) is 3. The van der Waals surface area contributed by atoms with Gasteiger partial charge in [0.2, 0.25) is 0 Å². The minimum atomic E-state index is 0.0439. The van der Waals surface area contributed by atoms with Gasteiger partial charge in [0.1, 0.15) is 9.71 Å². The van der Waals surface area contributed by atoms with E-state index in [1.807, 2.05) is 11.0 Å². The number of hydrogen-bond donors (Lipinski definition) is 1. The summed E-state index contributed by atoms with van der Waals surface area (Å²) in [4.78, 5) is 15.8. The third-order valence-corrected chi connectivity index (χ3v) is 4.60. The molecule has 6 heteroatoms. The fourth-order valence-electron chi connectivity index (χ4n) is 2.45. The molecule has 0 spiro atoms. The molecule has 0 radical (unpaired) electrons. The molecule has 0 unspecified atom stereocenters. The molecule has 0 aliphatic carbocycles. The highest BCUT2D eigenvalue weighted by atomic mass is 32.1. The maximum absolute atomic E-state index is 12.6. The molecule has 5 nitrogen and oxygen atoms in total. The van der Waals surface area contributed by atoms with Gasteiger partial charge in [-0.1, -0.05) is 12.8 Å². The first-order valence-corrected chi connectivity index (χ1v) is 7.38. The predicted molar refractivity (Wildman–Crippen MR) is 76.2 cm³/mol. The molecule has 0 saturated carbocycles. The second kappa shape index (κ2) is 5.13. The van der Waals surface area contributed by atoms with E-state index in [1.54, 1.807) is 6.20 Å². The van der Waals surface area contributed by atoms with Crippen molar-refractivity contribution in [2.45, 2.75) is 25.7 Å². The summed E-state index contributed by atoms with van der Waals surface area (Å²) in [5, 5.41) is 8.69. The second-order valence-corrected chi connectivity index (χ2v) is 5.80. The molecule has 100 valence electrons. The van der Waals surface area contributed by atoms with Crippen molar-refractivity contribution in [3.8, 4) is 0 Å². The zero-order valence-corrected chi connectivity index (χ0v) is 11.4. The van der Waals surface area contributed by atoms with Crippen LogP contribution in [0.25, 0.3) is 10.2 Å². The molecule has 0 bridgehead atoms. The van der Waals surface area contributed by atoms with Crippen molar-refractivity contribution in [3.05, 3.63) is 17.1 Å². The van der Waals surface area contributed by atoms with Crippen LogP contribution in [-0.4, -0.2) is 34.1 Å². The Hall–Kier alpha value is -1.69. The zero-order chi connectivity index (χ0) is 13.2. The van der Waals surface area contributed by atoms with E-state index >= 15 is 0 Å². The minimum absolute atomic E-state index is 0.0439. The summed E-state index contributed by atoms with van der Waals surface area (Å²) in [6.45, 7) is 1.66. The van der Waals surface area contributed by atoms with Crippen molar-refractivity contribution in [3.63, 3.8) is 0 Å². The average molecular weight is 276 g/mol. The van der Waals surface area contributed by atoms with Crippen LogP contribution in [0.5, 0.6) is 0 Å². The molecule has 1 amide bonds. The number of carbonyl (C=O) groups is 1. The molecule has 19 heavy (non-hydrogen) atoms. The molecule has 0 atom stereocenters. The van der Waals surface area contributed by atoms with Crippen molar-refractivity contribution in [1.29, 1.82) is 0 Å². The van der Waals surface area contributed by atoms with Gasteiger partial charge in [-0.3, -0.25) is 4.79 Å². The topological polar surface area (TPSA) is 72.1 Å². The second-order valence-electron chi connectivity index (χ2n) is 4.80. The quantitative estimate of drug-likeness (QED) is 0.867. The van der Waals surface area contributed by atoms with Gasteiger partial charge in [-0.25, -0.2) is 0 Å². The number of nitrogens with two attached hydrogens (primary N) is 1. The number of amides is 1. The number of fused-ring (bicyclic) bond motifs is 1. The lowest BCUT2D eigenvalue weighted by atomic mass is 10.2. The number of thiophene rings is 1. The lowest BCUT2D eigenvalue weighted by Crippen LogP contribution is -2.31. The van der Waals surface area contributed by atoms with Crippen LogP contribution >= 0.6 is 11.3 Å². The predicted octanol–water partition coefficient (Wildman–Crippen LogP) is 2.29. The van der Waals surface area contributed by atoms with E-state index < -0.39 is 0 Å². The van der Waals surface area contributed by atoms with Crippen LogP contribution in [0.3, 0.4) is 0 Å². The van der Waals surface area contributed by atoms with Gasteiger partial charge in [0.15, 0.2) is 0 Å². The molecule has 0 aromatic carbocycles. The summed E-state index contributed by atoms with van der Waals surface area (Å²) < 4.78 is 0. The number of rotatable bonds is 1. The Morgan fingerprint density at radius 3 is 2.68 bits per heavy atom. The first kappa shape index (κ1) is 12.3. The summed E-state index contributed by atoms with van der Waals surface area (Å²) in [7, 11) is 0. The van der Waals surface area contributed by atoms with Crippen LogP contribution in [0.2, 0.25) is 0 Å². The number of anilines is 1. The lowest BCUT2D eigenvalue weighted by molar-refractivity contribution is 0.0767. The van der Waals surface area contributed by atoms with Gasteiger partial charge in [0.05, 0.1) is 11.9 Å². The number of hydrogen-bond acceptors (Lipinski definition) is 5. The smallest absolute Gasteiger partial charge is 0.266 e. The molecular formula is C13H16N4OS. The fourth-order valence-corrected chi connectivity index (χ4v) is 3.45. The molecule has 1 aliphatic rings. The van der Waals surface area contributed by atoms with Crippen LogP contribution < -0.4 is 5.73 Å². The molecule has 3 rings (SSSR count). The third kappa shape index (κ3) is 2.28. The van der Waals surface area contributed by atoms with Crippen molar-refractivity contribution in [1.82, 2.24) is 15.1 Å². The van der Waals surface area contributed by atoms with Crippen LogP contribution in [0.4, 0.5) is 5.69 Å². The zero-order valence-electron chi connectivity index (χ0n) is 10.6. The Balaban J connectivity index is 1.94.